The van der Waals surface area contributed by atoms with Crippen molar-refractivity contribution in [3.8, 4) is 0 Å². The lowest BCUT2D eigenvalue weighted by molar-refractivity contribution is 0.0873. The molecule has 0 aliphatic heterocycles. The molecule has 0 aromatic carbocycles. The molecular formula is CHB5N2O. The van der Waals surface area contributed by atoms with E-state index >= 15 is 0 Å². The molecule has 0 aromatic rings. The van der Waals surface area contributed by atoms with Gasteiger partial charge in [0.1, 0.15) is 6.35 Å². The molecule has 0 aliphatic rings. The van der Waals surface area contributed by atoms with E-state index in [9.17, 15) is 0 Å². The van der Waals surface area contributed by atoms with Gasteiger partial charge in [-0.3, -0.25) is 0 Å². The van der Waals surface area contributed by atoms with Crippen LogP contribution in [0.4, 0.5) is 0 Å². The minimum absolute atomic E-state index is 0.625. The van der Waals surface area contributed by atoms with Gasteiger partial charge in [0, 0.05) is 0 Å². The Bertz CT molecular complexity index is 69.4. The van der Waals surface area contributed by atoms with E-state index in [-0.39, 0.29) is 0 Å². The summed E-state index contributed by atoms with van der Waals surface area (Å²) in [4.78, 5) is 0. The lowest BCUT2D eigenvalue weighted by atomic mass is 10.1. The summed E-state index contributed by atoms with van der Waals surface area (Å²) in [5, 5.41) is 0. The second-order valence-electron chi connectivity index (χ2n) is 1.36. The predicted octanol–water partition coefficient (Wildman–Crippen LogP) is -2.69. The highest BCUT2D eigenvalue weighted by Crippen LogP contribution is 1.92. The highest BCUT2D eigenvalue weighted by molar-refractivity contribution is 6.28. The van der Waals surface area contributed by atoms with E-state index < -0.39 is 6.35 Å². The Labute approximate surface area is 61.3 Å². The van der Waals surface area contributed by atoms with Gasteiger partial charge in [0.2, 0.25) is 0 Å². The molecule has 0 bridgehead atoms. The van der Waals surface area contributed by atoms with E-state index in [2.05, 4.69) is 12.7 Å². The fraction of sp³-hybridized carbons (Fsp3) is 1.00. The first-order chi connectivity index (χ1) is 4.09. The standard InChI is InChI=1S/CHB5N2O/c2-7(3)1(9-6)8(4)5/h1H. The SMILES string of the molecule is [B]OC(N([B])[B])N([B])[B]. The summed E-state index contributed by atoms with van der Waals surface area (Å²) in [6, 6.07) is 0. The highest BCUT2D eigenvalue weighted by Gasteiger charge is 2.07. The normalized spacial score (nSPS) is 11.4. The first-order valence-corrected chi connectivity index (χ1v) is 2.02. The summed E-state index contributed by atoms with van der Waals surface area (Å²) in [6.45, 7) is 0. The molecule has 0 unspecified atom stereocenters. The zero-order valence-electron chi connectivity index (χ0n) is 4.77. The molecule has 0 saturated carbocycles. The smallest absolute Gasteiger partial charge is 0.286 e. The Morgan fingerprint density at radius 1 is 1.00 bits per heavy atom. The fourth-order valence-corrected chi connectivity index (χ4v) is 0.295. The Balaban J connectivity index is 3.68. The van der Waals surface area contributed by atoms with Crippen LogP contribution in [0.5, 0.6) is 0 Å². The third-order valence-corrected chi connectivity index (χ3v) is 0.632. The molecule has 0 atom stereocenters. The number of rotatable bonds is 3. The molecular weight excluding hydrogens is 110 g/mol. The molecule has 0 aliphatic carbocycles. The van der Waals surface area contributed by atoms with E-state index in [1.54, 1.807) is 0 Å². The Morgan fingerprint density at radius 2 is 1.33 bits per heavy atom. The monoisotopic (exact) mass is 112 g/mol. The predicted molar refractivity (Wildman–Crippen MR) is 37.3 cm³/mol. The summed E-state index contributed by atoms with van der Waals surface area (Å²) < 4.78 is 5.38. The van der Waals surface area contributed by atoms with Crippen molar-refractivity contribution >= 4 is 40.0 Å². The maximum absolute atomic E-state index is 4.95. The number of hydrogen-bond donors (Lipinski definition) is 0. The van der Waals surface area contributed by atoms with Crippen LogP contribution >= 0.6 is 0 Å². The molecule has 0 rings (SSSR count). The van der Waals surface area contributed by atoms with Gasteiger partial charge < -0.3 is 14.1 Å². The summed E-state index contributed by atoms with van der Waals surface area (Å²) >= 11 is 0. The molecule has 0 aromatic heterocycles. The van der Waals surface area contributed by atoms with Gasteiger partial charge >= 0.3 is 0 Å². The molecule has 0 heterocycles. The van der Waals surface area contributed by atoms with Gasteiger partial charge in [-0.25, -0.2) is 0 Å². The zero-order chi connectivity index (χ0) is 7.44. The van der Waals surface area contributed by atoms with Crippen molar-refractivity contribution in [3.63, 3.8) is 0 Å². The first kappa shape index (κ1) is 9.20. The fourth-order valence-electron chi connectivity index (χ4n) is 0.295. The average Bonchev–Trinajstić information content (AvgIpc) is 1.64. The summed E-state index contributed by atoms with van der Waals surface area (Å²) in [5.74, 6) is 0. The quantitative estimate of drug-likeness (QED) is 0.291. The highest BCUT2D eigenvalue weighted by atomic mass is 16.5. The van der Waals surface area contributed by atoms with Crippen molar-refractivity contribution in [1.82, 2.24) is 9.44 Å². The van der Waals surface area contributed by atoms with E-state index in [0.717, 1.165) is 0 Å². The van der Waals surface area contributed by atoms with Crippen LogP contribution in [-0.4, -0.2) is 55.8 Å². The van der Waals surface area contributed by atoms with Crippen molar-refractivity contribution in [2.45, 2.75) is 6.35 Å². The van der Waals surface area contributed by atoms with Gasteiger partial charge in [-0.05, 0) is 0 Å². The molecule has 8 heteroatoms. The summed E-state index contributed by atoms with van der Waals surface area (Å²) in [7, 11) is 24.5. The lowest BCUT2D eigenvalue weighted by Crippen LogP contribution is -2.45. The third kappa shape index (κ3) is 3.03. The molecule has 0 saturated heterocycles. The van der Waals surface area contributed by atoms with Crippen molar-refractivity contribution in [1.29, 1.82) is 0 Å². The largest absolute Gasteiger partial charge is 0.425 e. The molecule has 0 amide bonds. The van der Waals surface area contributed by atoms with Crippen molar-refractivity contribution in [2.75, 3.05) is 0 Å². The van der Waals surface area contributed by atoms with Gasteiger partial charge in [-0.15, -0.1) is 0 Å². The van der Waals surface area contributed by atoms with Gasteiger partial charge in [-0.2, -0.15) is 0 Å². The minimum Gasteiger partial charge on any atom is -0.425 e. The second kappa shape index (κ2) is 4.09. The molecule has 0 spiro atoms. The van der Waals surface area contributed by atoms with E-state index in [1.165, 1.54) is 0 Å². The first-order valence-electron chi connectivity index (χ1n) is 2.02. The lowest BCUT2D eigenvalue weighted by Gasteiger charge is -2.31. The maximum Gasteiger partial charge on any atom is 0.286 e. The molecule has 0 N–H and O–H groups in total. The van der Waals surface area contributed by atoms with Gasteiger partial charge in [0.05, 0.1) is 0 Å². The molecule has 0 fully saturated rings. The van der Waals surface area contributed by atoms with Gasteiger partial charge in [0.25, 0.3) is 8.05 Å². The van der Waals surface area contributed by atoms with Crippen LogP contribution in [0.15, 0.2) is 0 Å². The van der Waals surface area contributed by atoms with Crippen LogP contribution in [-0.2, 0) is 4.65 Å². The third-order valence-electron chi connectivity index (χ3n) is 0.632. The van der Waals surface area contributed by atoms with E-state index in [0.29, 0.717) is 9.44 Å². The molecule has 10 radical (unpaired) electrons. The minimum atomic E-state index is -1.02. The van der Waals surface area contributed by atoms with Crippen LogP contribution in [0.1, 0.15) is 0 Å². The summed E-state index contributed by atoms with van der Waals surface area (Å²) in [6.07, 6.45) is -1.02. The van der Waals surface area contributed by atoms with Crippen LogP contribution < -0.4 is 0 Å². The van der Waals surface area contributed by atoms with Crippen molar-refractivity contribution in [2.24, 2.45) is 0 Å². The van der Waals surface area contributed by atoms with E-state index in [4.69, 9.17) is 31.9 Å². The number of hydrogen-bond acceptors (Lipinski definition) is 3. The Morgan fingerprint density at radius 3 is 1.33 bits per heavy atom. The van der Waals surface area contributed by atoms with Gasteiger partial charge in [0.15, 0.2) is 31.9 Å². The maximum atomic E-state index is 4.95. The van der Waals surface area contributed by atoms with Crippen LogP contribution in [0.25, 0.3) is 0 Å². The zero-order valence-corrected chi connectivity index (χ0v) is 4.77. The Kier molecular flexibility index (Phi) is 4.18. The molecule has 9 heavy (non-hydrogen) atoms. The molecule has 3 nitrogen and oxygen atoms in total. The topological polar surface area (TPSA) is 15.7 Å². The van der Waals surface area contributed by atoms with Gasteiger partial charge in [-0.1, -0.05) is 0 Å². The average molecular weight is 111 g/mol. The summed E-state index contributed by atoms with van der Waals surface area (Å²) in [5.41, 5.74) is 0. The number of nitrogens with zero attached hydrogens (tertiary/aromatic N) is 2. The van der Waals surface area contributed by atoms with Crippen molar-refractivity contribution in [3.05, 3.63) is 0 Å². The van der Waals surface area contributed by atoms with E-state index in [1.807, 2.05) is 0 Å². The van der Waals surface area contributed by atoms with Crippen LogP contribution in [0, 0.1) is 0 Å². The molecule has 36 valence electrons. The second-order valence-corrected chi connectivity index (χ2v) is 1.36. The van der Waals surface area contributed by atoms with Crippen LogP contribution in [0.2, 0.25) is 0 Å². The van der Waals surface area contributed by atoms with Crippen molar-refractivity contribution < 1.29 is 4.65 Å². The Hall–Kier alpha value is 0.205. The van der Waals surface area contributed by atoms with Crippen LogP contribution in [0.3, 0.4) is 0 Å².